The first kappa shape index (κ1) is 23.5. The first-order valence-electron chi connectivity index (χ1n) is 11.4. The van der Waals surface area contributed by atoms with Gasteiger partial charge in [-0.1, -0.05) is 24.3 Å². The molecule has 0 aliphatic carbocycles. The second-order valence-electron chi connectivity index (χ2n) is 9.27. The molecular weight excluding hydrogens is 430 g/mol. The highest BCUT2D eigenvalue weighted by atomic mass is 16.5. The maximum atomic E-state index is 11.6. The molecular formula is C26H31N5O3. The van der Waals surface area contributed by atoms with E-state index in [2.05, 4.69) is 32.3 Å². The number of hydrogen-bond acceptors (Lipinski definition) is 6. The van der Waals surface area contributed by atoms with E-state index in [1.807, 2.05) is 63.2 Å². The number of anilines is 3. The Morgan fingerprint density at radius 1 is 1.06 bits per heavy atom. The summed E-state index contributed by atoms with van der Waals surface area (Å²) < 4.78 is 5.42. The number of carbonyl (C=O) groups is 1. The number of hydrogen-bond donors (Lipinski definition) is 2. The van der Waals surface area contributed by atoms with Crippen molar-refractivity contribution in [1.29, 1.82) is 0 Å². The Bertz CT molecular complexity index is 1100. The van der Waals surface area contributed by atoms with E-state index in [4.69, 9.17) is 4.74 Å². The summed E-state index contributed by atoms with van der Waals surface area (Å²) in [5.41, 5.74) is 4.28. The molecule has 0 radical (unpaired) electrons. The molecule has 0 saturated carbocycles. The molecule has 0 unspecified atom stereocenters. The van der Waals surface area contributed by atoms with Crippen molar-refractivity contribution in [2.45, 2.75) is 32.9 Å². The first-order valence-corrected chi connectivity index (χ1v) is 11.4. The van der Waals surface area contributed by atoms with Gasteiger partial charge < -0.3 is 20.1 Å². The lowest BCUT2D eigenvalue weighted by atomic mass is 10.0. The monoisotopic (exact) mass is 461 g/mol. The van der Waals surface area contributed by atoms with Gasteiger partial charge in [0.25, 0.3) is 0 Å². The number of morpholine rings is 1. The van der Waals surface area contributed by atoms with Gasteiger partial charge in [0.15, 0.2) is 0 Å². The van der Waals surface area contributed by atoms with Crippen LogP contribution in [0.2, 0.25) is 0 Å². The van der Waals surface area contributed by atoms with Crippen LogP contribution in [0.5, 0.6) is 0 Å². The molecule has 34 heavy (non-hydrogen) atoms. The fraction of sp³-hybridized carbons (Fsp3) is 0.346. The molecule has 2 heterocycles. The Kier molecular flexibility index (Phi) is 6.98. The van der Waals surface area contributed by atoms with E-state index >= 15 is 0 Å². The van der Waals surface area contributed by atoms with Crippen molar-refractivity contribution < 1.29 is 14.6 Å². The van der Waals surface area contributed by atoms with Gasteiger partial charge in [-0.05, 0) is 56.7 Å². The van der Waals surface area contributed by atoms with Gasteiger partial charge in [0, 0.05) is 48.3 Å². The van der Waals surface area contributed by atoms with Gasteiger partial charge in [-0.15, -0.1) is 0 Å². The van der Waals surface area contributed by atoms with E-state index in [9.17, 15) is 9.90 Å². The zero-order valence-electron chi connectivity index (χ0n) is 19.9. The molecule has 2 aromatic carbocycles. The number of nitrogens with one attached hydrogen (secondary N) is 1. The lowest BCUT2D eigenvalue weighted by molar-refractivity contribution is 0.0955. The van der Waals surface area contributed by atoms with Crippen molar-refractivity contribution in [2.75, 3.05) is 36.5 Å². The Hall–Kier alpha value is -3.65. The Balaban J connectivity index is 1.43. The number of benzene rings is 2. The van der Waals surface area contributed by atoms with Gasteiger partial charge in [-0.2, -0.15) is 0 Å². The van der Waals surface area contributed by atoms with Crippen molar-refractivity contribution in [3.63, 3.8) is 0 Å². The molecule has 1 aromatic heterocycles. The second-order valence-corrected chi connectivity index (χ2v) is 9.27. The fourth-order valence-corrected chi connectivity index (χ4v) is 3.84. The summed E-state index contributed by atoms with van der Waals surface area (Å²) in [4.78, 5) is 24.4. The highest BCUT2D eigenvalue weighted by Crippen LogP contribution is 2.24. The molecule has 1 aliphatic heterocycles. The second kappa shape index (κ2) is 10.1. The molecule has 1 aliphatic rings. The van der Waals surface area contributed by atoms with Crippen LogP contribution in [0.15, 0.2) is 60.8 Å². The average molecular weight is 462 g/mol. The highest BCUT2D eigenvalue weighted by Gasteiger charge is 2.26. The number of amides is 1. The van der Waals surface area contributed by atoms with Crippen LogP contribution in [-0.4, -0.2) is 57.9 Å². The summed E-state index contributed by atoms with van der Waals surface area (Å²) in [6.45, 7) is 9.33. The standard InChI is InChI=1S/C26H31N5O3/c1-26(2,3)31(25(32)33)18-19-4-6-20(7-5-19)23-12-13-27-24(29-23)28-21-8-10-22(11-9-21)30-14-16-34-17-15-30/h4-13H,14-18H2,1-3H3,(H,32,33)(H,27,28,29). The van der Waals surface area contributed by atoms with Crippen molar-refractivity contribution in [1.82, 2.24) is 14.9 Å². The number of aromatic nitrogens is 2. The normalized spacial score (nSPS) is 14.0. The predicted octanol–water partition coefficient (Wildman–Crippen LogP) is 5.00. The smallest absolute Gasteiger partial charge is 0.408 e. The molecule has 1 saturated heterocycles. The molecule has 8 nitrogen and oxygen atoms in total. The minimum absolute atomic E-state index is 0.330. The first-order chi connectivity index (χ1) is 16.3. The molecule has 0 bridgehead atoms. The summed E-state index contributed by atoms with van der Waals surface area (Å²) in [6, 6.07) is 17.9. The van der Waals surface area contributed by atoms with Gasteiger partial charge in [0.1, 0.15) is 0 Å². The fourth-order valence-electron chi connectivity index (χ4n) is 3.84. The van der Waals surface area contributed by atoms with Gasteiger partial charge in [-0.25, -0.2) is 14.8 Å². The number of carboxylic acid groups (broad SMARTS) is 1. The van der Waals surface area contributed by atoms with E-state index in [1.54, 1.807) is 6.20 Å². The molecule has 4 rings (SSSR count). The molecule has 0 spiro atoms. The van der Waals surface area contributed by atoms with Crippen molar-refractivity contribution in [3.8, 4) is 11.3 Å². The summed E-state index contributed by atoms with van der Waals surface area (Å²) >= 11 is 0. The molecule has 8 heteroatoms. The van der Waals surface area contributed by atoms with Crippen LogP contribution in [0.25, 0.3) is 11.3 Å². The van der Waals surface area contributed by atoms with Crippen LogP contribution >= 0.6 is 0 Å². The summed E-state index contributed by atoms with van der Waals surface area (Å²) in [7, 11) is 0. The van der Waals surface area contributed by atoms with Gasteiger partial charge in [-0.3, -0.25) is 4.90 Å². The Morgan fingerprint density at radius 3 is 2.35 bits per heavy atom. The Labute approximate surface area is 200 Å². The SMILES string of the molecule is CC(C)(C)N(Cc1ccc(-c2ccnc(Nc3ccc(N4CCOCC4)cc3)n2)cc1)C(=O)O. The van der Waals surface area contributed by atoms with Crippen molar-refractivity contribution in [3.05, 3.63) is 66.4 Å². The van der Waals surface area contributed by atoms with Crippen LogP contribution < -0.4 is 10.2 Å². The van der Waals surface area contributed by atoms with Gasteiger partial charge >= 0.3 is 6.09 Å². The lowest BCUT2D eigenvalue weighted by Gasteiger charge is -2.33. The number of ether oxygens (including phenoxy) is 1. The number of rotatable bonds is 6. The average Bonchev–Trinajstić information content (AvgIpc) is 2.83. The molecule has 3 aromatic rings. The van der Waals surface area contributed by atoms with E-state index in [-0.39, 0.29) is 0 Å². The minimum Gasteiger partial charge on any atom is -0.465 e. The molecule has 178 valence electrons. The zero-order chi connectivity index (χ0) is 24.1. The van der Waals surface area contributed by atoms with Crippen molar-refractivity contribution >= 4 is 23.4 Å². The van der Waals surface area contributed by atoms with Crippen LogP contribution in [0, 0.1) is 0 Å². The largest absolute Gasteiger partial charge is 0.465 e. The van der Waals surface area contributed by atoms with Crippen LogP contribution in [0.1, 0.15) is 26.3 Å². The highest BCUT2D eigenvalue weighted by molar-refractivity contribution is 5.66. The Morgan fingerprint density at radius 2 is 1.74 bits per heavy atom. The molecule has 1 amide bonds. The van der Waals surface area contributed by atoms with Crippen LogP contribution in [0.3, 0.4) is 0 Å². The van der Waals surface area contributed by atoms with Crippen LogP contribution in [0.4, 0.5) is 22.1 Å². The summed E-state index contributed by atoms with van der Waals surface area (Å²) in [5, 5.41) is 12.8. The van der Waals surface area contributed by atoms with Gasteiger partial charge in [0.05, 0.1) is 18.9 Å². The minimum atomic E-state index is -0.930. The summed E-state index contributed by atoms with van der Waals surface area (Å²) in [6.07, 6.45) is 0.799. The van der Waals surface area contributed by atoms with Gasteiger partial charge in [0.2, 0.25) is 5.95 Å². The third-order valence-corrected chi connectivity index (χ3v) is 5.79. The zero-order valence-corrected chi connectivity index (χ0v) is 19.9. The maximum absolute atomic E-state index is 11.6. The quantitative estimate of drug-likeness (QED) is 0.534. The van der Waals surface area contributed by atoms with E-state index in [0.29, 0.717) is 12.5 Å². The molecule has 1 fully saturated rings. The topological polar surface area (TPSA) is 90.8 Å². The van der Waals surface area contributed by atoms with Crippen LogP contribution in [-0.2, 0) is 11.3 Å². The molecule has 0 atom stereocenters. The summed E-state index contributed by atoms with van der Waals surface area (Å²) in [5.74, 6) is 0.519. The number of nitrogens with zero attached hydrogens (tertiary/aromatic N) is 4. The van der Waals surface area contributed by atoms with Crippen molar-refractivity contribution in [2.24, 2.45) is 0 Å². The third kappa shape index (κ3) is 5.82. The van der Waals surface area contributed by atoms with E-state index in [1.165, 1.54) is 10.6 Å². The molecule has 2 N–H and O–H groups in total. The predicted molar refractivity (Wildman–Crippen MR) is 134 cm³/mol. The maximum Gasteiger partial charge on any atom is 0.408 e. The van der Waals surface area contributed by atoms with E-state index in [0.717, 1.165) is 48.8 Å². The lowest BCUT2D eigenvalue weighted by Crippen LogP contribution is -2.44. The third-order valence-electron chi connectivity index (χ3n) is 5.79. The van der Waals surface area contributed by atoms with E-state index < -0.39 is 11.6 Å².